The van der Waals surface area contributed by atoms with Crippen LogP contribution in [0.2, 0.25) is 0 Å². The molecule has 4 nitrogen and oxygen atoms in total. The molecule has 4 heteroatoms. The fraction of sp³-hybridized carbons (Fsp3) is 1.00. The van der Waals surface area contributed by atoms with Crippen LogP contribution in [0.4, 0.5) is 0 Å². The van der Waals surface area contributed by atoms with Crippen molar-refractivity contribution < 1.29 is 10.2 Å². The lowest BCUT2D eigenvalue weighted by molar-refractivity contribution is -0.0643. The zero-order valence-corrected chi connectivity index (χ0v) is 10.9. The van der Waals surface area contributed by atoms with Gasteiger partial charge in [0, 0.05) is 19.1 Å². The van der Waals surface area contributed by atoms with E-state index in [1.807, 2.05) is 0 Å². The average Bonchev–Trinajstić information content (AvgIpc) is 2.29. The zero-order chi connectivity index (χ0) is 12.3. The Hall–Kier alpha value is -0.160. The molecule has 2 fully saturated rings. The Labute approximate surface area is 104 Å². The smallest absolute Gasteiger partial charge is 0.0900 e. The van der Waals surface area contributed by atoms with Crippen molar-refractivity contribution in [3.05, 3.63) is 0 Å². The largest absolute Gasteiger partial charge is 0.395 e. The molecular formula is C13H26N2O2. The highest BCUT2D eigenvalue weighted by Gasteiger charge is 2.36. The molecule has 0 bridgehead atoms. The lowest BCUT2D eigenvalue weighted by Gasteiger charge is -2.44. The Bertz CT molecular complexity index is 250. The van der Waals surface area contributed by atoms with Gasteiger partial charge in [0.2, 0.25) is 0 Å². The molecule has 0 radical (unpaired) electrons. The van der Waals surface area contributed by atoms with Crippen molar-refractivity contribution in [2.75, 3.05) is 39.8 Å². The maximum Gasteiger partial charge on any atom is 0.0900 e. The number of hydrogen-bond donors (Lipinski definition) is 2. The Kier molecular flexibility index (Phi) is 4.42. The van der Waals surface area contributed by atoms with Crippen molar-refractivity contribution in [1.29, 1.82) is 0 Å². The topological polar surface area (TPSA) is 46.9 Å². The van der Waals surface area contributed by atoms with E-state index in [4.69, 9.17) is 0 Å². The fourth-order valence-electron chi connectivity index (χ4n) is 3.32. The van der Waals surface area contributed by atoms with E-state index in [-0.39, 0.29) is 12.6 Å². The number of likely N-dealkylation sites (tertiary alicyclic amines) is 2. The minimum atomic E-state index is -0.572. The van der Waals surface area contributed by atoms with Gasteiger partial charge in [-0.05, 0) is 45.8 Å². The van der Waals surface area contributed by atoms with E-state index < -0.39 is 5.60 Å². The molecule has 17 heavy (non-hydrogen) atoms. The van der Waals surface area contributed by atoms with E-state index in [2.05, 4.69) is 16.8 Å². The normalized spacial score (nSPS) is 37.2. The van der Waals surface area contributed by atoms with Crippen LogP contribution in [0.15, 0.2) is 0 Å². The molecule has 0 aromatic rings. The fourth-order valence-corrected chi connectivity index (χ4v) is 3.32. The molecule has 2 aliphatic rings. The molecule has 0 aromatic heterocycles. The van der Waals surface area contributed by atoms with Crippen LogP contribution in [0.5, 0.6) is 0 Å². The predicted molar refractivity (Wildman–Crippen MR) is 68.0 cm³/mol. The lowest BCUT2D eigenvalue weighted by atomic mass is 9.90. The van der Waals surface area contributed by atoms with E-state index in [9.17, 15) is 10.2 Å². The lowest BCUT2D eigenvalue weighted by Crippen LogP contribution is -2.56. The van der Waals surface area contributed by atoms with Crippen LogP contribution in [0.1, 0.15) is 32.1 Å². The van der Waals surface area contributed by atoms with Crippen molar-refractivity contribution >= 4 is 0 Å². The minimum absolute atomic E-state index is 0.228. The van der Waals surface area contributed by atoms with Crippen molar-refractivity contribution in [2.45, 2.75) is 43.7 Å². The maximum atomic E-state index is 10.6. The summed E-state index contributed by atoms with van der Waals surface area (Å²) in [4.78, 5) is 4.50. The Balaban J connectivity index is 1.93. The number of hydrogen-bond acceptors (Lipinski definition) is 4. The average molecular weight is 242 g/mol. The van der Waals surface area contributed by atoms with Gasteiger partial charge in [-0.3, -0.25) is 4.90 Å². The number of aliphatic hydroxyl groups is 2. The molecule has 0 aliphatic carbocycles. The van der Waals surface area contributed by atoms with Crippen LogP contribution in [0, 0.1) is 0 Å². The number of aliphatic hydroxyl groups excluding tert-OH is 1. The van der Waals surface area contributed by atoms with Crippen LogP contribution in [0.25, 0.3) is 0 Å². The van der Waals surface area contributed by atoms with E-state index >= 15 is 0 Å². The second kappa shape index (κ2) is 5.65. The van der Waals surface area contributed by atoms with Crippen LogP contribution in [-0.4, -0.2) is 71.5 Å². The standard InChI is InChI=1S/C13H26N2O2/c1-14-7-4-6-13(17,10-14)11-15-8-3-2-5-12(15)9-16/h12,16-17H,2-11H2,1H3/t12-,13+/m1/s1. The molecule has 2 rings (SSSR count). The van der Waals surface area contributed by atoms with Crippen LogP contribution in [-0.2, 0) is 0 Å². The first-order chi connectivity index (χ1) is 8.13. The second-order valence-electron chi connectivity index (χ2n) is 5.87. The van der Waals surface area contributed by atoms with Gasteiger partial charge in [-0.2, -0.15) is 0 Å². The molecule has 2 saturated heterocycles. The first kappa shape index (κ1) is 13.3. The van der Waals surface area contributed by atoms with Gasteiger partial charge in [-0.25, -0.2) is 0 Å². The number of piperidine rings is 2. The zero-order valence-electron chi connectivity index (χ0n) is 10.9. The van der Waals surface area contributed by atoms with E-state index in [0.717, 1.165) is 45.4 Å². The number of likely N-dealkylation sites (N-methyl/N-ethyl adjacent to an activating group) is 1. The van der Waals surface area contributed by atoms with Gasteiger partial charge in [-0.15, -0.1) is 0 Å². The van der Waals surface area contributed by atoms with Gasteiger partial charge in [0.1, 0.15) is 0 Å². The molecule has 0 aromatic carbocycles. The summed E-state index contributed by atoms with van der Waals surface area (Å²) in [6.07, 6.45) is 5.45. The van der Waals surface area contributed by atoms with E-state index in [0.29, 0.717) is 0 Å². The molecule has 0 spiro atoms. The van der Waals surface area contributed by atoms with Gasteiger partial charge in [-0.1, -0.05) is 6.42 Å². The summed E-state index contributed by atoms with van der Waals surface area (Å²) in [6, 6.07) is 0.264. The van der Waals surface area contributed by atoms with Gasteiger partial charge < -0.3 is 15.1 Å². The van der Waals surface area contributed by atoms with Crippen molar-refractivity contribution in [2.24, 2.45) is 0 Å². The molecule has 0 amide bonds. The van der Waals surface area contributed by atoms with Crippen LogP contribution in [0.3, 0.4) is 0 Å². The second-order valence-corrected chi connectivity index (χ2v) is 5.87. The highest BCUT2D eigenvalue weighted by molar-refractivity contribution is 4.91. The Morgan fingerprint density at radius 2 is 2.06 bits per heavy atom. The SMILES string of the molecule is CN1CCC[C@@](O)(CN2CCCC[C@@H]2CO)C1. The van der Waals surface area contributed by atoms with Crippen LogP contribution < -0.4 is 0 Å². The predicted octanol–water partition coefficient (Wildman–Crippen LogP) is 0.290. The molecule has 2 heterocycles. The van der Waals surface area contributed by atoms with E-state index in [1.54, 1.807) is 0 Å². The molecule has 100 valence electrons. The number of nitrogens with zero attached hydrogens (tertiary/aromatic N) is 2. The maximum absolute atomic E-state index is 10.6. The first-order valence-electron chi connectivity index (χ1n) is 6.89. The van der Waals surface area contributed by atoms with Gasteiger partial charge in [0.15, 0.2) is 0 Å². The number of β-amino-alcohol motifs (C(OH)–C–C–N with tert-alkyl or cyclic N) is 1. The van der Waals surface area contributed by atoms with Crippen molar-refractivity contribution in [3.63, 3.8) is 0 Å². The monoisotopic (exact) mass is 242 g/mol. The summed E-state index contributed by atoms with van der Waals surface area (Å²) < 4.78 is 0. The summed E-state index contributed by atoms with van der Waals surface area (Å²) in [6.45, 7) is 3.83. The number of rotatable bonds is 3. The Morgan fingerprint density at radius 1 is 1.24 bits per heavy atom. The summed E-state index contributed by atoms with van der Waals surface area (Å²) in [5.41, 5.74) is -0.572. The van der Waals surface area contributed by atoms with Crippen molar-refractivity contribution in [1.82, 2.24) is 9.80 Å². The van der Waals surface area contributed by atoms with E-state index in [1.165, 1.54) is 12.8 Å². The molecule has 0 saturated carbocycles. The van der Waals surface area contributed by atoms with Gasteiger partial charge in [0.05, 0.1) is 12.2 Å². The summed E-state index contributed by atoms with van der Waals surface area (Å²) in [7, 11) is 2.07. The van der Waals surface area contributed by atoms with Gasteiger partial charge in [0.25, 0.3) is 0 Å². The third-order valence-electron chi connectivity index (χ3n) is 4.20. The molecule has 2 aliphatic heterocycles. The highest BCUT2D eigenvalue weighted by Crippen LogP contribution is 2.25. The third-order valence-corrected chi connectivity index (χ3v) is 4.20. The summed E-state index contributed by atoms with van der Waals surface area (Å²) >= 11 is 0. The van der Waals surface area contributed by atoms with Crippen molar-refractivity contribution in [3.8, 4) is 0 Å². The highest BCUT2D eigenvalue weighted by atomic mass is 16.3. The van der Waals surface area contributed by atoms with Gasteiger partial charge >= 0.3 is 0 Å². The third kappa shape index (κ3) is 3.41. The molecular weight excluding hydrogens is 216 g/mol. The Morgan fingerprint density at radius 3 is 2.76 bits per heavy atom. The quantitative estimate of drug-likeness (QED) is 0.747. The minimum Gasteiger partial charge on any atom is -0.395 e. The summed E-state index contributed by atoms with van der Waals surface area (Å²) in [5, 5.41) is 20.0. The first-order valence-corrected chi connectivity index (χ1v) is 6.89. The molecule has 2 atom stereocenters. The van der Waals surface area contributed by atoms with Crippen LogP contribution >= 0.6 is 0 Å². The molecule has 0 unspecified atom stereocenters. The molecule has 2 N–H and O–H groups in total. The summed E-state index contributed by atoms with van der Waals surface area (Å²) in [5.74, 6) is 0.